The molecular weight excluding hydrogens is 817 g/mol. The molecule has 0 amide bonds. The summed E-state index contributed by atoms with van der Waals surface area (Å²) < 4.78 is 23.0. The lowest BCUT2D eigenvalue weighted by atomic mass is 9.99. The number of carbonyl (C=O) groups excluding carboxylic acids is 1. The number of esters is 1. The minimum Gasteiger partial charge on any atom is -0.457 e. The number of allylic oxidation sites excluding steroid dienone is 4. The summed E-state index contributed by atoms with van der Waals surface area (Å²) in [6.45, 7) is 4.61. The monoisotopic (exact) mass is 923 g/mol. The molecule has 0 radical (unpaired) electrons. The first kappa shape index (κ1) is 61.7. The predicted molar refractivity (Wildman–Crippen MR) is 270 cm³/mol. The second kappa shape index (κ2) is 47.7. The Labute approximate surface area is 400 Å². The van der Waals surface area contributed by atoms with Crippen molar-refractivity contribution in [2.45, 2.75) is 301 Å². The average molecular weight is 923 g/mol. The molecule has 384 valence electrons. The smallest absolute Gasteiger partial charge is 0.306 e. The molecule has 0 aromatic heterocycles. The van der Waals surface area contributed by atoms with Gasteiger partial charge < -0.3 is 39.4 Å². The Hall–Kier alpha value is -1.33. The molecule has 0 spiro atoms. The normalized spacial score (nSPS) is 19.5. The molecule has 0 aromatic carbocycles. The summed E-state index contributed by atoms with van der Waals surface area (Å²) in [5.41, 5.74) is 0. The van der Waals surface area contributed by atoms with Crippen molar-refractivity contribution >= 4 is 5.97 Å². The maximum atomic E-state index is 12.9. The second-order valence-corrected chi connectivity index (χ2v) is 19.4. The van der Waals surface area contributed by atoms with E-state index < -0.39 is 43.4 Å². The van der Waals surface area contributed by atoms with Gasteiger partial charge in [-0.1, -0.05) is 237 Å². The first-order valence-electron chi connectivity index (χ1n) is 27.9. The molecule has 4 N–H and O–H groups in total. The first-order valence-corrected chi connectivity index (χ1v) is 27.9. The zero-order valence-corrected chi connectivity index (χ0v) is 42.5. The molecule has 0 aromatic rings. The van der Waals surface area contributed by atoms with Crippen LogP contribution in [-0.4, -0.2) is 89.6 Å². The summed E-state index contributed by atoms with van der Waals surface area (Å²) in [6, 6.07) is 0. The van der Waals surface area contributed by atoms with Gasteiger partial charge in [0.2, 0.25) is 0 Å². The molecule has 65 heavy (non-hydrogen) atoms. The molecule has 1 aliphatic heterocycles. The van der Waals surface area contributed by atoms with E-state index in [0.717, 1.165) is 38.5 Å². The number of hydrogen-bond donors (Lipinski definition) is 4. The topological polar surface area (TPSA) is 135 Å². The fraction of sp³-hybridized carbons (Fsp3) is 0.911. The van der Waals surface area contributed by atoms with Crippen LogP contribution in [0.15, 0.2) is 24.3 Å². The van der Waals surface area contributed by atoms with Gasteiger partial charge in [0.1, 0.15) is 30.5 Å². The minimum atomic E-state index is -1.53. The van der Waals surface area contributed by atoms with Gasteiger partial charge in [-0.05, 0) is 44.9 Å². The van der Waals surface area contributed by atoms with Crippen LogP contribution in [0.1, 0.15) is 264 Å². The highest BCUT2D eigenvalue weighted by atomic mass is 16.7. The van der Waals surface area contributed by atoms with Gasteiger partial charge in [0.25, 0.3) is 0 Å². The number of rotatable bonds is 49. The highest BCUT2D eigenvalue weighted by Gasteiger charge is 2.44. The minimum absolute atomic E-state index is 0.108. The number of unbranched alkanes of at least 4 members (excludes halogenated alkanes) is 34. The number of aliphatic hydroxyl groups is 4. The summed E-state index contributed by atoms with van der Waals surface area (Å²) in [4.78, 5) is 12.9. The number of ether oxygens (including phenoxy) is 4. The average Bonchev–Trinajstić information content (AvgIpc) is 3.31. The van der Waals surface area contributed by atoms with E-state index in [1.165, 1.54) is 205 Å². The van der Waals surface area contributed by atoms with Gasteiger partial charge in [-0.3, -0.25) is 4.79 Å². The Kier molecular flexibility index (Phi) is 45.3. The molecule has 9 nitrogen and oxygen atoms in total. The van der Waals surface area contributed by atoms with E-state index >= 15 is 0 Å². The quantitative estimate of drug-likeness (QED) is 0.0267. The lowest BCUT2D eigenvalue weighted by Gasteiger charge is -2.39. The Morgan fingerprint density at radius 3 is 1.32 bits per heavy atom. The maximum Gasteiger partial charge on any atom is 0.306 e. The molecule has 6 unspecified atom stereocenters. The predicted octanol–water partition coefficient (Wildman–Crippen LogP) is 14.1. The van der Waals surface area contributed by atoms with E-state index in [2.05, 4.69) is 38.2 Å². The van der Waals surface area contributed by atoms with Crippen molar-refractivity contribution in [3.05, 3.63) is 24.3 Å². The van der Waals surface area contributed by atoms with Gasteiger partial charge >= 0.3 is 5.97 Å². The van der Waals surface area contributed by atoms with Crippen molar-refractivity contribution in [3.8, 4) is 0 Å². The standard InChI is InChI=1S/C56H106O9/c1-3-5-7-9-11-13-15-17-19-21-22-23-24-25-26-27-28-29-31-33-35-37-39-41-43-45-52(58)64-50(49-63-56-55(61)54(60)53(59)51(47-57)65-56)48-62-46-44-42-40-38-36-34-32-30-20-18-16-14-12-10-8-6-4-2/h15,17,21-22,50-51,53-57,59-61H,3-14,16,18-20,23-49H2,1-2H3/b17-15-,22-21-. The van der Waals surface area contributed by atoms with Crippen LogP contribution < -0.4 is 0 Å². The molecule has 0 aliphatic carbocycles. The maximum absolute atomic E-state index is 12.9. The van der Waals surface area contributed by atoms with Crippen molar-refractivity contribution in [1.29, 1.82) is 0 Å². The Morgan fingerprint density at radius 2 is 0.892 bits per heavy atom. The fourth-order valence-corrected chi connectivity index (χ4v) is 8.76. The number of aliphatic hydroxyl groups excluding tert-OH is 4. The van der Waals surface area contributed by atoms with Gasteiger partial charge in [0, 0.05) is 13.0 Å². The molecule has 9 heteroatoms. The van der Waals surface area contributed by atoms with Crippen molar-refractivity contribution in [3.63, 3.8) is 0 Å². The highest BCUT2D eigenvalue weighted by Crippen LogP contribution is 2.23. The Bertz CT molecular complexity index is 1050. The molecule has 6 atom stereocenters. The summed E-state index contributed by atoms with van der Waals surface area (Å²) in [7, 11) is 0. The van der Waals surface area contributed by atoms with Crippen LogP contribution in [0.5, 0.6) is 0 Å². The van der Waals surface area contributed by atoms with E-state index in [1.54, 1.807) is 0 Å². The third-order valence-corrected chi connectivity index (χ3v) is 13.1. The number of carbonyl (C=O) groups is 1. The molecule has 0 saturated carbocycles. The van der Waals surface area contributed by atoms with E-state index in [1.807, 2.05) is 0 Å². The van der Waals surface area contributed by atoms with Crippen LogP contribution in [-0.2, 0) is 23.7 Å². The van der Waals surface area contributed by atoms with Crippen molar-refractivity contribution in [2.24, 2.45) is 0 Å². The van der Waals surface area contributed by atoms with Crippen LogP contribution in [0.4, 0.5) is 0 Å². The molecular formula is C56H106O9. The number of hydrogen-bond acceptors (Lipinski definition) is 9. The molecule has 1 heterocycles. The Morgan fingerprint density at radius 1 is 0.492 bits per heavy atom. The SMILES string of the molecule is CCCCCCC/C=C\C/C=C\CCCCCCCCCCCCCCCC(=O)OC(COCCCCCCCCCCCCCCCCCCC)COC1OC(CO)C(O)C(O)C1O. The van der Waals surface area contributed by atoms with Gasteiger partial charge in [0.15, 0.2) is 6.29 Å². The zero-order chi connectivity index (χ0) is 47.1. The first-order chi connectivity index (χ1) is 31.9. The van der Waals surface area contributed by atoms with Crippen molar-refractivity contribution < 1.29 is 44.2 Å². The highest BCUT2D eigenvalue weighted by molar-refractivity contribution is 5.69. The van der Waals surface area contributed by atoms with Crippen molar-refractivity contribution in [1.82, 2.24) is 0 Å². The van der Waals surface area contributed by atoms with E-state index in [0.29, 0.717) is 13.0 Å². The lowest BCUT2D eigenvalue weighted by molar-refractivity contribution is -0.305. The van der Waals surface area contributed by atoms with Crippen LogP contribution in [0.2, 0.25) is 0 Å². The summed E-state index contributed by atoms with van der Waals surface area (Å²) in [6.07, 6.45) is 50.8. The third-order valence-electron chi connectivity index (χ3n) is 13.1. The summed E-state index contributed by atoms with van der Waals surface area (Å²) in [5.74, 6) is -0.309. The lowest BCUT2D eigenvalue weighted by Crippen LogP contribution is -2.59. The van der Waals surface area contributed by atoms with Gasteiger partial charge in [-0.25, -0.2) is 0 Å². The van der Waals surface area contributed by atoms with Crippen LogP contribution in [0.25, 0.3) is 0 Å². The molecule has 1 rings (SSSR count). The molecule has 0 bridgehead atoms. The van der Waals surface area contributed by atoms with Gasteiger partial charge in [-0.15, -0.1) is 0 Å². The van der Waals surface area contributed by atoms with Gasteiger partial charge in [0.05, 0.1) is 19.8 Å². The van der Waals surface area contributed by atoms with E-state index in [4.69, 9.17) is 18.9 Å². The molecule has 1 aliphatic rings. The van der Waals surface area contributed by atoms with Crippen LogP contribution >= 0.6 is 0 Å². The molecule has 1 fully saturated rings. The Balaban J connectivity index is 2.14. The van der Waals surface area contributed by atoms with Crippen LogP contribution in [0, 0.1) is 0 Å². The van der Waals surface area contributed by atoms with E-state index in [-0.39, 0.29) is 19.2 Å². The molecule has 1 saturated heterocycles. The second-order valence-electron chi connectivity index (χ2n) is 19.4. The summed E-state index contributed by atoms with van der Waals surface area (Å²) in [5, 5.41) is 40.3. The summed E-state index contributed by atoms with van der Waals surface area (Å²) >= 11 is 0. The van der Waals surface area contributed by atoms with E-state index in [9.17, 15) is 25.2 Å². The van der Waals surface area contributed by atoms with Crippen molar-refractivity contribution in [2.75, 3.05) is 26.4 Å². The fourth-order valence-electron chi connectivity index (χ4n) is 8.76. The van der Waals surface area contributed by atoms with Gasteiger partial charge in [-0.2, -0.15) is 0 Å². The largest absolute Gasteiger partial charge is 0.457 e. The third kappa shape index (κ3) is 38.2. The van der Waals surface area contributed by atoms with Crippen LogP contribution in [0.3, 0.4) is 0 Å². The zero-order valence-electron chi connectivity index (χ0n) is 42.5.